The lowest BCUT2D eigenvalue weighted by molar-refractivity contribution is -0.0194. The first-order chi connectivity index (χ1) is 13.1. The summed E-state index contributed by atoms with van der Waals surface area (Å²) >= 11 is 8.02. The molecule has 3 aromatic rings. The molecule has 0 amide bonds. The molecule has 2 aliphatic heterocycles. The van der Waals surface area contributed by atoms with E-state index in [1.807, 2.05) is 18.2 Å². The molecule has 5 heteroatoms. The Morgan fingerprint density at radius 1 is 1.11 bits per heavy atom. The van der Waals surface area contributed by atoms with Gasteiger partial charge in [-0.15, -0.1) is 11.3 Å². The van der Waals surface area contributed by atoms with Gasteiger partial charge in [-0.3, -0.25) is 0 Å². The van der Waals surface area contributed by atoms with E-state index in [1.165, 1.54) is 16.0 Å². The molecule has 1 aromatic heterocycles. The molecule has 3 nitrogen and oxygen atoms in total. The Kier molecular flexibility index (Phi) is 3.99. The van der Waals surface area contributed by atoms with Crippen LogP contribution in [0.5, 0.6) is 5.75 Å². The van der Waals surface area contributed by atoms with Crippen molar-refractivity contribution in [2.75, 3.05) is 0 Å². The van der Waals surface area contributed by atoms with Crippen molar-refractivity contribution >= 4 is 28.6 Å². The Morgan fingerprint density at radius 3 is 2.78 bits per heavy atom. The normalized spacial score (nSPS) is 20.7. The van der Waals surface area contributed by atoms with Crippen molar-refractivity contribution < 1.29 is 4.74 Å². The molecule has 2 aromatic carbocycles. The third-order valence-corrected chi connectivity index (χ3v) is 6.40. The van der Waals surface area contributed by atoms with Crippen molar-refractivity contribution in [2.45, 2.75) is 32.5 Å². The quantitative estimate of drug-likeness (QED) is 0.512. The minimum atomic E-state index is -0.235. The third-order valence-electron chi connectivity index (χ3n) is 5.25. The van der Waals surface area contributed by atoms with E-state index in [4.69, 9.17) is 21.4 Å². The number of fused-ring (bicyclic) bond motifs is 3. The number of halogens is 1. The first-order valence-corrected chi connectivity index (χ1v) is 10.3. The standard InChI is InChI=1S/C22H19ClN2OS/c1-13-5-7-16(14(2)10-13)22-25-19(12-18(24-25)21-4-3-9-27-21)17-11-15(23)6-8-20(17)26-22/h3-11,19,22H,12H2,1-2H3/t19-,22+/m0/s1. The van der Waals surface area contributed by atoms with Gasteiger partial charge in [0.2, 0.25) is 6.23 Å². The largest absolute Gasteiger partial charge is 0.464 e. The highest BCUT2D eigenvalue weighted by molar-refractivity contribution is 7.12. The van der Waals surface area contributed by atoms with Gasteiger partial charge in [0.15, 0.2) is 0 Å². The number of thiophene rings is 1. The van der Waals surface area contributed by atoms with E-state index in [1.54, 1.807) is 11.3 Å². The van der Waals surface area contributed by atoms with Crippen LogP contribution in [0.3, 0.4) is 0 Å². The molecule has 0 spiro atoms. The van der Waals surface area contributed by atoms with Crippen molar-refractivity contribution in [3.63, 3.8) is 0 Å². The number of nitrogens with zero attached hydrogens (tertiary/aromatic N) is 2. The van der Waals surface area contributed by atoms with Gasteiger partial charge in [-0.2, -0.15) is 5.10 Å². The lowest BCUT2D eigenvalue weighted by Crippen LogP contribution is -2.34. The van der Waals surface area contributed by atoms with E-state index in [2.05, 4.69) is 54.6 Å². The number of hydrazone groups is 1. The lowest BCUT2D eigenvalue weighted by atomic mass is 9.96. The second-order valence-corrected chi connectivity index (χ2v) is 8.52. The van der Waals surface area contributed by atoms with Crippen molar-refractivity contribution in [1.82, 2.24) is 5.01 Å². The Hall–Kier alpha value is -2.30. The maximum absolute atomic E-state index is 6.44. The van der Waals surface area contributed by atoms with E-state index in [0.717, 1.165) is 34.0 Å². The summed E-state index contributed by atoms with van der Waals surface area (Å²) in [5.41, 5.74) is 5.85. The van der Waals surface area contributed by atoms with Gasteiger partial charge in [0.25, 0.3) is 0 Å². The predicted octanol–water partition coefficient (Wildman–Crippen LogP) is 6.26. The topological polar surface area (TPSA) is 24.8 Å². The fourth-order valence-corrected chi connectivity index (χ4v) is 4.86. The maximum Gasteiger partial charge on any atom is 0.214 e. The molecule has 5 rings (SSSR count). The SMILES string of the molecule is Cc1ccc([C@H]2Oc3ccc(Cl)cc3[C@@H]3CC(c4cccs4)=NN23)c(C)c1. The average Bonchev–Trinajstić information content (AvgIpc) is 3.31. The van der Waals surface area contributed by atoms with E-state index < -0.39 is 0 Å². The number of ether oxygens (including phenoxy) is 1. The second-order valence-electron chi connectivity index (χ2n) is 7.14. The summed E-state index contributed by atoms with van der Waals surface area (Å²) in [4.78, 5) is 1.22. The molecule has 0 N–H and O–H groups in total. The zero-order valence-electron chi connectivity index (χ0n) is 15.1. The first kappa shape index (κ1) is 16.8. The summed E-state index contributed by atoms with van der Waals surface area (Å²) < 4.78 is 6.44. The molecule has 0 bridgehead atoms. The van der Waals surface area contributed by atoms with Crippen molar-refractivity contribution in [3.8, 4) is 5.75 Å². The molecule has 0 aliphatic carbocycles. The van der Waals surface area contributed by atoms with E-state index in [-0.39, 0.29) is 12.3 Å². The number of hydrogen-bond donors (Lipinski definition) is 0. The highest BCUT2D eigenvalue weighted by Crippen LogP contribution is 2.48. The zero-order valence-corrected chi connectivity index (χ0v) is 16.7. The molecular formula is C22H19ClN2OS. The van der Waals surface area contributed by atoms with Crippen LogP contribution in [-0.2, 0) is 0 Å². The molecule has 0 unspecified atom stereocenters. The monoisotopic (exact) mass is 394 g/mol. The van der Waals surface area contributed by atoms with Gasteiger partial charge in [0, 0.05) is 22.6 Å². The van der Waals surface area contributed by atoms with Crippen molar-refractivity contribution in [2.24, 2.45) is 5.10 Å². The number of aryl methyl sites for hydroxylation is 2. The summed E-state index contributed by atoms with van der Waals surface area (Å²) in [6.45, 7) is 4.25. The van der Waals surface area contributed by atoms with E-state index in [0.29, 0.717) is 0 Å². The lowest BCUT2D eigenvalue weighted by Gasteiger charge is -2.38. The highest BCUT2D eigenvalue weighted by Gasteiger charge is 2.41. The average molecular weight is 395 g/mol. The van der Waals surface area contributed by atoms with Gasteiger partial charge in [0.05, 0.1) is 16.6 Å². The van der Waals surface area contributed by atoms with Crippen LogP contribution in [0.2, 0.25) is 5.02 Å². The molecule has 3 heterocycles. The summed E-state index contributed by atoms with van der Waals surface area (Å²) in [6, 6.07) is 16.7. The first-order valence-electron chi connectivity index (χ1n) is 9.03. The molecule has 0 saturated carbocycles. The van der Waals surface area contributed by atoms with Gasteiger partial charge in [-0.25, -0.2) is 5.01 Å². The molecule has 0 fully saturated rings. The van der Waals surface area contributed by atoms with Gasteiger partial charge < -0.3 is 4.74 Å². The Morgan fingerprint density at radius 2 is 2.00 bits per heavy atom. The van der Waals surface area contributed by atoms with Gasteiger partial charge >= 0.3 is 0 Å². The van der Waals surface area contributed by atoms with Crippen molar-refractivity contribution in [1.29, 1.82) is 0 Å². The minimum Gasteiger partial charge on any atom is -0.464 e. The van der Waals surface area contributed by atoms with Crippen LogP contribution in [0.1, 0.15) is 45.8 Å². The van der Waals surface area contributed by atoms with Crippen LogP contribution in [0.15, 0.2) is 59.0 Å². The Labute approximate surface area is 167 Å². The van der Waals surface area contributed by atoms with E-state index in [9.17, 15) is 0 Å². The molecular weight excluding hydrogens is 376 g/mol. The summed E-state index contributed by atoms with van der Waals surface area (Å²) in [5.74, 6) is 0.897. The third kappa shape index (κ3) is 2.84. The van der Waals surface area contributed by atoms with Crippen LogP contribution in [0.4, 0.5) is 0 Å². The fraction of sp³-hybridized carbons (Fsp3) is 0.227. The van der Waals surface area contributed by atoms with Crippen LogP contribution >= 0.6 is 22.9 Å². The van der Waals surface area contributed by atoms with Crippen LogP contribution < -0.4 is 4.74 Å². The number of hydrogen-bond acceptors (Lipinski definition) is 4. The maximum atomic E-state index is 6.44. The van der Waals surface area contributed by atoms with Gasteiger partial charge in [-0.05, 0) is 49.1 Å². The van der Waals surface area contributed by atoms with Crippen LogP contribution in [-0.4, -0.2) is 10.7 Å². The Bertz CT molecular complexity index is 1040. The van der Waals surface area contributed by atoms with Gasteiger partial charge in [-0.1, -0.05) is 41.4 Å². The second kappa shape index (κ2) is 6.39. The zero-order chi connectivity index (χ0) is 18.5. The molecule has 2 atom stereocenters. The van der Waals surface area contributed by atoms with Crippen molar-refractivity contribution in [3.05, 3.63) is 86.1 Å². The van der Waals surface area contributed by atoms with Gasteiger partial charge in [0.1, 0.15) is 5.75 Å². The van der Waals surface area contributed by atoms with Crippen LogP contribution in [0, 0.1) is 13.8 Å². The molecule has 0 saturated heterocycles. The fourth-order valence-electron chi connectivity index (χ4n) is 3.96. The molecule has 2 aliphatic rings. The molecule has 136 valence electrons. The van der Waals surface area contributed by atoms with Crippen LogP contribution in [0.25, 0.3) is 0 Å². The highest BCUT2D eigenvalue weighted by atomic mass is 35.5. The summed E-state index contributed by atoms with van der Waals surface area (Å²) in [5, 5.41) is 9.94. The smallest absolute Gasteiger partial charge is 0.214 e. The molecule has 0 radical (unpaired) electrons. The van der Waals surface area contributed by atoms with E-state index >= 15 is 0 Å². The minimum absolute atomic E-state index is 0.134. The summed E-state index contributed by atoms with van der Waals surface area (Å²) in [7, 11) is 0. The summed E-state index contributed by atoms with van der Waals surface area (Å²) in [6.07, 6.45) is 0.625. The Balaban J connectivity index is 1.64. The molecule has 27 heavy (non-hydrogen) atoms. The number of benzene rings is 2. The number of rotatable bonds is 2. The predicted molar refractivity (Wildman–Crippen MR) is 111 cm³/mol.